The van der Waals surface area contributed by atoms with E-state index >= 15 is 0 Å². The van der Waals surface area contributed by atoms with Gasteiger partial charge < -0.3 is 20.2 Å². The molecule has 57 heavy (non-hydrogen) atoms. The number of phenolic OH excluding ortho intramolecular Hbond substituents is 1. The zero-order valence-corrected chi connectivity index (χ0v) is 32.3. The number of nitrogens with one attached hydrogen (secondary N) is 2. The molecule has 14 nitrogen and oxygen atoms in total. The fraction of sp³-hybridized carbons (Fsp3) is 0.535. The first kappa shape index (κ1) is 36.3. The van der Waals surface area contributed by atoms with Crippen LogP contribution >= 0.6 is 0 Å². The summed E-state index contributed by atoms with van der Waals surface area (Å²) in [5.41, 5.74) is 3.98. The number of piperidine rings is 3. The predicted molar refractivity (Wildman–Crippen MR) is 214 cm³/mol. The number of hydrogen-bond acceptors (Lipinski definition) is 12. The number of hydrogen-bond donors (Lipinski definition) is 3. The Balaban J connectivity index is 0.706. The van der Waals surface area contributed by atoms with Gasteiger partial charge in [-0.25, -0.2) is 0 Å². The highest BCUT2D eigenvalue weighted by Gasteiger charge is 2.47. The van der Waals surface area contributed by atoms with E-state index in [0.29, 0.717) is 52.5 Å². The number of nitrogens with zero attached hydrogens (tertiary/aromatic N) is 7. The molecule has 3 unspecified atom stereocenters. The lowest BCUT2D eigenvalue weighted by molar-refractivity contribution is -0.136. The predicted octanol–water partition coefficient (Wildman–Crippen LogP) is 3.86. The van der Waals surface area contributed by atoms with Crippen LogP contribution in [0.3, 0.4) is 0 Å². The average molecular weight is 774 g/mol. The normalized spacial score (nSPS) is 27.9. The molecule has 5 saturated heterocycles. The van der Waals surface area contributed by atoms with Crippen LogP contribution in [0, 0.1) is 5.92 Å². The number of aromatic hydroxyl groups is 1. The molecule has 1 aromatic heterocycles. The van der Waals surface area contributed by atoms with Crippen molar-refractivity contribution in [3.8, 4) is 17.0 Å². The topological polar surface area (TPSA) is 155 Å². The molecule has 14 heteroatoms. The minimum atomic E-state index is -0.956. The molecule has 3 N–H and O–H groups in total. The quantitative estimate of drug-likeness (QED) is 0.285. The van der Waals surface area contributed by atoms with Gasteiger partial charge in [-0.15, -0.1) is 10.2 Å². The van der Waals surface area contributed by atoms with E-state index in [2.05, 4.69) is 46.5 Å². The van der Waals surface area contributed by atoms with E-state index in [1.807, 2.05) is 30.3 Å². The summed E-state index contributed by atoms with van der Waals surface area (Å²) in [7, 11) is 0. The number of imide groups is 2. The number of rotatable bonds is 8. The summed E-state index contributed by atoms with van der Waals surface area (Å²) >= 11 is 0. The summed E-state index contributed by atoms with van der Waals surface area (Å²) in [5, 5.41) is 25.2. The van der Waals surface area contributed by atoms with Crippen molar-refractivity contribution in [3.05, 3.63) is 59.7 Å². The lowest BCUT2D eigenvalue weighted by atomic mass is 9.90. The Hall–Kier alpha value is -5.08. The number of carbonyl (C=O) groups excluding carboxylic acids is 4. The van der Waals surface area contributed by atoms with E-state index in [9.17, 15) is 24.3 Å². The Morgan fingerprint density at radius 2 is 1.56 bits per heavy atom. The summed E-state index contributed by atoms with van der Waals surface area (Å²) in [4.78, 5) is 62.7. The SMILES string of the molecule is O=C1CCC(N2C(=O)c3cccc(N4CCC(CCCN5C6CCC5CC(N5CCN7c8cc(-c9ccccc9O)nnc8NC[C@H]7C5)C6)CC4)c3C2=O)C(=O)N1. The third kappa shape index (κ3) is 6.50. The molecule has 5 fully saturated rings. The van der Waals surface area contributed by atoms with Crippen LogP contribution in [-0.4, -0.2) is 130 Å². The Bertz CT molecular complexity index is 2090. The van der Waals surface area contributed by atoms with Crippen molar-refractivity contribution in [2.24, 2.45) is 5.92 Å². The number of para-hydroxylation sites is 1. The summed E-state index contributed by atoms with van der Waals surface area (Å²) in [6.45, 7) is 6.73. The van der Waals surface area contributed by atoms with Gasteiger partial charge in [-0.2, -0.15) is 0 Å². The largest absolute Gasteiger partial charge is 0.507 e. The summed E-state index contributed by atoms with van der Waals surface area (Å²) < 4.78 is 0. The number of aromatic nitrogens is 2. The van der Waals surface area contributed by atoms with Crippen LogP contribution in [0.1, 0.15) is 84.9 Å². The van der Waals surface area contributed by atoms with Crippen molar-refractivity contribution < 1.29 is 24.3 Å². The van der Waals surface area contributed by atoms with E-state index < -0.39 is 23.8 Å². The minimum Gasteiger partial charge on any atom is -0.507 e. The Morgan fingerprint density at radius 1 is 0.772 bits per heavy atom. The standard InChI is InChI=1S/C43H51N9O5/c53-37-9-2-1-6-31(37)33-23-36-40(47-46-33)44-24-30-25-49(19-20-51(30)36)29-21-27-10-11-28(22-29)50(27)16-4-5-26-14-17-48(18-15-26)34-8-3-7-32-39(34)43(57)52(42(32)56)35-12-13-38(54)45-41(35)55/h1-3,6-9,23,26-30,35,53H,4-5,10-22,24-25H2,(H,44,47)(H,45,54,55)/t27?,28?,29?,30-,35?/m0/s1. The van der Waals surface area contributed by atoms with E-state index in [1.54, 1.807) is 12.1 Å². The van der Waals surface area contributed by atoms with Crippen LogP contribution in [-0.2, 0) is 9.59 Å². The van der Waals surface area contributed by atoms with Crippen LogP contribution in [0.5, 0.6) is 5.75 Å². The van der Waals surface area contributed by atoms with Crippen LogP contribution in [0.15, 0.2) is 48.5 Å². The van der Waals surface area contributed by atoms with Gasteiger partial charge in [-0.1, -0.05) is 18.2 Å². The highest BCUT2D eigenvalue weighted by atomic mass is 16.3. The second-order valence-corrected chi connectivity index (χ2v) is 17.2. The monoisotopic (exact) mass is 773 g/mol. The highest BCUT2D eigenvalue weighted by molar-refractivity contribution is 6.25. The number of piperazine rings is 1. The molecule has 4 amide bonds. The molecule has 0 aliphatic carbocycles. The smallest absolute Gasteiger partial charge is 0.264 e. The molecule has 2 bridgehead atoms. The van der Waals surface area contributed by atoms with Crippen molar-refractivity contribution in [1.82, 2.24) is 30.2 Å². The maximum Gasteiger partial charge on any atom is 0.264 e. The van der Waals surface area contributed by atoms with Crippen LogP contribution in [0.2, 0.25) is 0 Å². The minimum absolute atomic E-state index is 0.110. The zero-order valence-electron chi connectivity index (χ0n) is 32.3. The Labute approximate surface area is 332 Å². The Kier molecular flexibility index (Phi) is 9.35. The van der Waals surface area contributed by atoms with Crippen molar-refractivity contribution in [2.45, 2.75) is 94.4 Å². The van der Waals surface area contributed by atoms with E-state index in [4.69, 9.17) is 0 Å². The fourth-order valence-electron chi connectivity index (χ4n) is 11.2. The van der Waals surface area contributed by atoms with Gasteiger partial charge in [0.25, 0.3) is 11.8 Å². The molecule has 4 atom stereocenters. The first-order valence-corrected chi connectivity index (χ1v) is 21.1. The molecule has 0 spiro atoms. The van der Waals surface area contributed by atoms with Gasteiger partial charge in [0, 0.05) is 69.4 Å². The molecule has 3 aromatic rings. The first-order valence-electron chi connectivity index (χ1n) is 21.1. The average Bonchev–Trinajstić information content (AvgIpc) is 3.61. The molecule has 298 valence electrons. The van der Waals surface area contributed by atoms with E-state index in [1.165, 1.54) is 45.1 Å². The van der Waals surface area contributed by atoms with Crippen molar-refractivity contribution in [2.75, 3.05) is 60.9 Å². The van der Waals surface area contributed by atoms with E-state index in [0.717, 1.165) is 74.2 Å². The van der Waals surface area contributed by atoms with Gasteiger partial charge in [0.1, 0.15) is 11.8 Å². The number of amides is 4. The third-order valence-electron chi connectivity index (χ3n) is 14.1. The fourth-order valence-corrected chi connectivity index (χ4v) is 11.2. The molecule has 7 aliphatic heterocycles. The van der Waals surface area contributed by atoms with Gasteiger partial charge >= 0.3 is 0 Å². The number of phenols is 1. The maximum atomic E-state index is 13.7. The van der Waals surface area contributed by atoms with Gasteiger partial charge in [0.15, 0.2) is 5.82 Å². The maximum absolute atomic E-state index is 13.7. The first-order chi connectivity index (χ1) is 27.8. The van der Waals surface area contributed by atoms with Crippen LogP contribution < -0.4 is 20.4 Å². The van der Waals surface area contributed by atoms with Gasteiger partial charge in [-0.05, 0) is 101 Å². The zero-order chi connectivity index (χ0) is 38.8. The molecule has 2 aromatic carbocycles. The number of carbonyl (C=O) groups is 4. The molecule has 0 radical (unpaired) electrons. The number of anilines is 3. The van der Waals surface area contributed by atoms with Crippen molar-refractivity contribution in [1.29, 1.82) is 0 Å². The van der Waals surface area contributed by atoms with Gasteiger partial charge in [0.05, 0.1) is 34.2 Å². The van der Waals surface area contributed by atoms with Crippen molar-refractivity contribution >= 4 is 40.8 Å². The van der Waals surface area contributed by atoms with E-state index in [-0.39, 0.29) is 24.5 Å². The molecule has 7 aliphatic rings. The number of benzene rings is 2. The Morgan fingerprint density at radius 3 is 2.35 bits per heavy atom. The summed E-state index contributed by atoms with van der Waals surface area (Å²) in [6.07, 6.45) is 9.87. The van der Waals surface area contributed by atoms with Crippen molar-refractivity contribution in [3.63, 3.8) is 0 Å². The highest BCUT2D eigenvalue weighted by Crippen LogP contribution is 2.41. The second-order valence-electron chi connectivity index (χ2n) is 17.2. The summed E-state index contributed by atoms with van der Waals surface area (Å²) in [5.74, 6) is -0.167. The number of fused-ring (bicyclic) bond motifs is 6. The molecule has 8 heterocycles. The molecule has 0 saturated carbocycles. The lowest BCUT2D eigenvalue weighted by Crippen LogP contribution is -2.61. The van der Waals surface area contributed by atoms with Crippen LogP contribution in [0.25, 0.3) is 11.3 Å². The second kappa shape index (κ2) is 14.7. The third-order valence-corrected chi connectivity index (χ3v) is 14.1. The van der Waals surface area contributed by atoms with Gasteiger partial charge in [0.2, 0.25) is 11.8 Å². The lowest BCUT2D eigenvalue weighted by Gasteiger charge is -2.50. The molecular formula is C43H51N9O5. The molecule has 10 rings (SSSR count). The van der Waals surface area contributed by atoms with Crippen LogP contribution in [0.4, 0.5) is 17.2 Å². The van der Waals surface area contributed by atoms with Gasteiger partial charge in [-0.3, -0.25) is 39.2 Å². The molecular weight excluding hydrogens is 723 g/mol. The summed E-state index contributed by atoms with van der Waals surface area (Å²) in [6, 6.07) is 16.2.